The lowest BCUT2D eigenvalue weighted by Crippen LogP contribution is -2.37. The topological polar surface area (TPSA) is 69.6 Å². The van der Waals surface area contributed by atoms with Gasteiger partial charge in [-0.3, -0.25) is 4.79 Å². The molecule has 5 nitrogen and oxygen atoms in total. The molecule has 0 spiro atoms. The van der Waals surface area contributed by atoms with Crippen LogP contribution in [0.1, 0.15) is 29.5 Å². The largest absolute Gasteiger partial charge is 0.481 e. The molecule has 0 aliphatic rings. The van der Waals surface area contributed by atoms with E-state index in [2.05, 4.69) is 18.3 Å². The minimum atomic E-state index is -0.845. The standard InChI is InChI=1S/C15H22N2O3/c1-11-6-7-13(9-12(11)2)10-17(3)15(20)16-8-4-5-14(18)19/h6-7,9H,4-5,8,10H2,1-3H3,(H,16,20)(H,18,19). The number of carbonyl (C=O) groups excluding carboxylic acids is 1. The van der Waals surface area contributed by atoms with Gasteiger partial charge in [0.25, 0.3) is 0 Å². The highest BCUT2D eigenvalue weighted by Crippen LogP contribution is 2.11. The van der Waals surface area contributed by atoms with Gasteiger partial charge in [0.1, 0.15) is 0 Å². The lowest BCUT2D eigenvalue weighted by molar-refractivity contribution is -0.137. The van der Waals surface area contributed by atoms with Crippen LogP contribution in [0.15, 0.2) is 18.2 Å². The SMILES string of the molecule is Cc1ccc(CN(C)C(=O)NCCCC(=O)O)cc1C. The van der Waals surface area contributed by atoms with E-state index in [1.165, 1.54) is 11.1 Å². The van der Waals surface area contributed by atoms with Crippen molar-refractivity contribution in [2.75, 3.05) is 13.6 Å². The van der Waals surface area contributed by atoms with Crippen molar-refractivity contribution in [3.63, 3.8) is 0 Å². The Morgan fingerprint density at radius 2 is 1.95 bits per heavy atom. The van der Waals surface area contributed by atoms with Crippen molar-refractivity contribution >= 4 is 12.0 Å². The number of rotatable bonds is 6. The number of nitrogens with one attached hydrogen (secondary N) is 1. The lowest BCUT2D eigenvalue weighted by atomic mass is 10.1. The first kappa shape index (κ1) is 16.0. The zero-order valence-electron chi connectivity index (χ0n) is 12.3. The molecule has 0 fully saturated rings. The summed E-state index contributed by atoms with van der Waals surface area (Å²) in [6, 6.07) is 5.94. The van der Waals surface area contributed by atoms with Gasteiger partial charge in [-0.15, -0.1) is 0 Å². The number of aryl methyl sites for hydroxylation is 2. The van der Waals surface area contributed by atoms with E-state index >= 15 is 0 Å². The Morgan fingerprint density at radius 1 is 1.25 bits per heavy atom. The molecule has 0 unspecified atom stereocenters. The predicted octanol–water partition coefficient (Wildman–Crippen LogP) is 2.31. The highest BCUT2D eigenvalue weighted by molar-refractivity contribution is 5.74. The van der Waals surface area contributed by atoms with Gasteiger partial charge in [0, 0.05) is 26.6 Å². The fourth-order valence-electron chi connectivity index (χ4n) is 1.82. The van der Waals surface area contributed by atoms with E-state index < -0.39 is 5.97 Å². The molecular formula is C15H22N2O3. The van der Waals surface area contributed by atoms with E-state index in [1.54, 1.807) is 11.9 Å². The number of carboxylic acid groups (broad SMARTS) is 1. The van der Waals surface area contributed by atoms with Gasteiger partial charge in [-0.2, -0.15) is 0 Å². The average Bonchev–Trinajstić information content (AvgIpc) is 2.38. The summed E-state index contributed by atoms with van der Waals surface area (Å²) in [5.41, 5.74) is 3.52. The quantitative estimate of drug-likeness (QED) is 0.784. The normalized spacial score (nSPS) is 10.2. The van der Waals surface area contributed by atoms with Crippen molar-refractivity contribution in [2.24, 2.45) is 0 Å². The minimum Gasteiger partial charge on any atom is -0.481 e. The molecule has 0 aliphatic carbocycles. The first-order valence-electron chi connectivity index (χ1n) is 6.67. The van der Waals surface area contributed by atoms with Crippen LogP contribution in [0, 0.1) is 13.8 Å². The monoisotopic (exact) mass is 278 g/mol. The summed E-state index contributed by atoms with van der Waals surface area (Å²) in [5.74, 6) is -0.845. The maximum absolute atomic E-state index is 11.8. The van der Waals surface area contributed by atoms with Gasteiger partial charge in [0.05, 0.1) is 0 Å². The second-order valence-corrected chi connectivity index (χ2v) is 5.00. The average molecular weight is 278 g/mol. The molecule has 5 heteroatoms. The summed E-state index contributed by atoms with van der Waals surface area (Å²) >= 11 is 0. The molecule has 0 saturated heterocycles. The molecule has 0 aliphatic heterocycles. The van der Waals surface area contributed by atoms with Gasteiger partial charge >= 0.3 is 12.0 Å². The molecular weight excluding hydrogens is 256 g/mol. The molecule has 0 heterocycles. The van der Waals surface area contributed by atoms with Crippen LogP contribution in [0.3, 0.4) is 0 Å². The zero-order valence-corrected chi connectivity index (χ0v) is 12.3. The van der Waals surface area contributed by atoms with Crippen LogP contribution in [0.2, 0.25) is 0 Å². The van der Waals surface area contributed by atoms with Gasteiger partial charge < -0.3 is 15.3 Å². The maximum atomic E-state index is 11.8. The first-order valence-corrected chi connectivity index (χ1v) is 6.67. The third-order valence-corrected chi connectivity index (χ3v) is 3.18. The number of nitrogens with zero attached hydrogens (tertiary/aromatic N) is 1. The number of aliphatic carboxylic acids is 1. The van der Waals surface area contributed by atoms with E-state index in [0.717, 1.165) is 5.56 Å². The van der Waals surface area contributed by atoms with Crippen LogP contribution >= 0.6 is 0 Å². The van der Waals surface area contributed by atoms with E-state index in [4.69, 9.17) is 5.11 Å². The van der Waals surface area contributed by atoms with E-state index in [9.17, 15) is 9.59 Å². The van der Waals surface area contributed by atoms with Crippen LogP contribution in [-0.4, -0.2) is 35.6 Å². The maximum Gasteiger partial charge on any atom is 0.317 e. The summed E-state index contributed by atoms with van der Waals surface area (Å²) in [6.07, 6.45) is 0.514. The molecule has 110 valence electrons. The lowest BCUT2D eigenvalue weighted by Gasteiger charge is -2.18. The Bertz CT molecular complexity index is 486. The number of benzene rings is 1. The van der Waals surface area contributed by atoms with Crippen LogP contribution in [0.25, 0.3) is 0 Å². The van der Waals surface area contributed by atoms with Crippen molar-refractivity contribution in [2.45, 2.75) is 33.2 Å². The second kappa shape index (κ2) is 7.53. The number of amides is 2. The van der Waals surface area contributed by atoms with E-state index in [-0.39, 0.29) is 12.5 Å². The summed E-state index contributed by atoms with van der Waals surface area (Å²) < 4.78 is 0. The molecule has 1 rings (SSSR count). The third-order valence-electron chi connectivity index (χ3n) is 3.18. The Balaban J connectivity index is 2.41. The summed E-state index contributed by atoms with van der Waals surface area (Å²) in [6.45, 7) is 5.01. The van der Waals surface area contributed by atoms with Gasteiger partial charge in [-0.05, 0) is 37.0 Å². The van der Waals surface area contributed by atoms with Crippen molar-refractivity contribution < 1.29 is 14.7 Å². The minimum absolute atomic E-state index is 0.0706. The second-order valence-electron chi connectivity index (χ2n) is 5.00. The highest BCUT2D eigenvalue weighted by Gasteiger charge is 2.09. The van der Waals surface area contributed by atoms with Gasteiger partial charge in [-0.1, -0.05) is 18.2 Å². The molecule has 1 aromatic carbocycles. The molecule has 2 N–H and O–H groups in total. The van der Waals surface area contributed by atoms with Crippen LogP contribution in [-0.2, 0) is 11.3 Å². The Kier molecular flexibility index (Phi) is 6.03. The first-order chi connectivity index (χ1) is 9.40. The molecule has 0 bridgehead atoms. The van der Waals surface area contributed by atoms with Gasteiger partial charge in [0.2, 0.25) is 0 Å². The Morgan fingerprint density at radius 3 is 2.55 bits per heavy atom. The van der Waals surface area contributed by atoms with E-state index in [1.807, 2.05) is 19.1 Å². The number of hydrogen-bond acceptors (Lipinski definition) is 2. The number of carbonyl (C=O) groups is 2. The fraction of sp³-hybridized carbons (Fsp3) is 0.467. The number of hydrogen-bond donors (Lipinski definition) is 2. The van der Waals surface area contributed by atoms with Gasteiger partial charge in [0.15, 0.2) is 0 Å². The predicted molar refractivity (Wildman–Crippen MR) is 77.7 cm³/mol. The molecule has 0 atom stereocenters. The van der Waals surface area contributed by atoms with Crippen LogP contribution < -0.4 is 5.32 Å². The summed E-state index contributed by atoms with van der Waals surface area (Å²) in [5, 5.41) is 11.2. The van der Waals surface area contributed by atoms with Crippen LogP contribution in [0.5, 0.6) is 0 Å². The van der Waals surface area contributed by atoms with Crippen molar-refractivity contribution in [1.29, 1.82) is 0 Å². The number of carboxylic acids is 1. The molecule has 20 heavy (non-hydrogen) atoms. The van der Waals surface area contributed by atoms with Crippen LogP contribution in [0.4, 0.5) is 4.79 Å². The van der Waals surface area contributed by atoms with E-state index in [0.29, 0.717) is 19.5 Å². The van der Waals surface area contributed by atoms with Crippen molar-refractivity contribution in [3.05, 3.63) is 34.9 Å². The van der Waals surface area contributed by atoms with Gasteiger partial charge in [-0.25, -0.2) is 4.79 Å². The molecule has 2 amide bonds. The summed E-state index contributed by atoms with van der Waals surface area (Å²) in [4.78, 5) is 23.8. The molecule has 0 radical (unpaired) electrons. The highest BCUT2D eigenvalue weighted by atomic mass is 16.4. The molecule has 1 aromatic rings. The fourth-order valence-corrected chi connectivity index (χ4v) is 1.82. The smallest absolute Gasteiger partial charge is 0.317 e. The Labute approximate surface area is 119 Å². The van der Waals surface area contributed by atoms with Crippen molar-refractivity contribution in [1.82, 2.24) is 10.2 Å². The molecule has 0 saturated carbocycles. The summed E-state index contributed by atoms with van der Waals surface area (Å²) in [7, 11) is 1.72. The molecule has 0 aromatic heterocycles. The third kappa shape index (κ3) is 5.30. The number of urea groups is 1. The Hall–Kier alpha value is -2.04. The zero-order chi connectivity index (χ0) is 15.1. The van der Waals surface area contributed by atoms with Crippen molar-refractivity contribution in [3.8, 4) is 0 Å².